The molecule has 0 radical (unpaired) electrons. The lowest BCUT2D eigenvalue weighted by Crippen LogP contribution is -2.49. The Morgan fingerprint density at radius 3 is 2.19 bits per heavy atom. The molecule has 3 rings (SSSR count). The largest absolute Gasteiger partial charge is 0.450 e. The van der Waals surface area contributed by atoms with E-state index in [0.29, 0.717) is 25.4 Å². The van der Waals surface area contributed by atoms with Gasteiger partial charge in [-0.3, -0.25) is 4.79 Å². The Kier molecular flexibility index (Phi) is 6.49. The van der Waals surface area contributed by atoms with Crippen LogP contribution in [0.3, 0.4) is 0 Å². The van der Waals surface area contributed by atoms with E-state index in [0.717, 1.165) is 51.5 Å². The number of ether oxygens (including phenoxy) is 1. The number of amides is 2. The quantitative estimate of drug-likeness (QED) is 0.786. The summed E-state index contributed by atoms with van der Waals surface area (Å²) in [5.41, 5.74) is 1.47. The number of likely N-dealkylation sites (N-methyl/N-ethyl adjacent to an activating group) is 1. The van der Waals surface area contributed by atoms with E-state index in [-0.39, 0.29) is 12.0 Å². The summed E-state index contributed by atoms with van der Waals surface area (Å²) in [4.78, 5) is 36.9. The topological polar surface area (TPSA) is 69.2 Å². The molecule has 0 unspecified atom stereocenters. The predicted molar refractivity (Wildman–Crippen MR) is 103 cm³/mol. The molecule has 1 aromatic heterocycles. The zero-order chi connectivity index (χ0) is 19.2. The second-order valence-corrected chi connectivity index (χ2v) is 6.80. The molecule has 0 atom stereocenters. The Hall–Kier alpha value is -2.35. The van der Waals surface area contributed by atoms with Crippen LogP contribution in [0, 0.1) is 0 Å². The lowest BCUT2D eigenvalue weighted by Gasteiger charge is -2.35. The fourth-order valence-electron chi connectivity index (χ4n) is 3.49. The monoisotopic (exact) mass is 375 g/mol. The highest BCUT2D eigenvalue weighted by atomic mass is 16.6. The van der Waals surface area contributed by atoms with Gasteiger partial charge in [0.15, 0.2) is 0 Å². The third kappa shape index (κ3) is 4.68. The Morgan fingerprint density at radius 2 is 1.63 bits per heavy atom. The number of aromatic nitrogens is 1. The summed E-state index contributed by atoms with van der Waals surface area (Å²) in [6, 6.07) is 3.75. The van der Waals surface area contributed by atoms with Crippen LogP contribution in [0.25, 0.3) is 0 Å². The minimum absolute atomic E-state index is 0.00411. The molecule has 2 aliphatic heterocycles. The van der Waals surface area contributed by atoms with Gasteiger partial charge < -0.3 is 24.3 Å². The van der Waals surface area contributed by atoms with Crippen LogP contribution in [-0.2, 0) is 4.74 Å². The van der Waals surface area contributed by atoms with Gasteiger partial charge in [0.05, 0.1) is 18.5 Å². The minimum Gasteiger partial charge on any atom is -0.450 e. The summed E-state index contributed by atoms with van der Waals surface area (Å²) < 4.78 is 5.05. The highest BCUT2D eigenvalue weighted by Gasteiger charge is 2.24. The van der Waals surface area contributed by atoms with Crippen molar-refractivity contribution in [1.29, 1.82) is 0 Å². The fourth-order valence-corrected chi connectivity index (χ4v) is 3.49. The van der Waals surface area contributed by atoms with Crippen LogP contribution in [0.15, 0.2) is 18.3 Å². The molecule has 0 bridgehead atoms. The standard InChI is InChI=1S/C19H29N5O3/c1-3-21-7-9-23(10-8-21)18(25)17-6-5-16(15-20-17)22-11-13-24(14-12-22)19(26)27-4-2/h5-6,15H,3-4,7-14H2,1-2H3. The molecule has 0 aromatic carbocycles. The lowest BCUT2D eigenvalue weighted by molar-refractivity contribution is 0.0637. The van der Waals surface area contributed by atoms with Gasteiger partial charge in [0.1, 0.15) is 5.69 Å². The first kappa shape index (κ1) is 19.4. The summed E-state index contributed by atoms with van der Waals surface area (Å²) >= 11 is 0. The number of piperazine rings is 2. The number of carbonyl (C=O) groups is 2. The maximum atomic E-state index is 12.6. The zero-order valence-corrected chi connectivity index (χ0v) is 16.3. The molecular formula is C19H29N5O3. The van der Waals surface area contributed by atoms with Crippen molar-refractivity contribution in [2.75, 3.05) is 70.4 Å². The van der Waals surface area contributed by atoms with Crippen LogP contribution in [-0.4, -0.2) is 97.2 Å². The number of hydrogen-bond donors (Lipinski definition) is 0. The Labute approximate surface area is 160 Å². The van der Waals surface area contributed by atoms with E-state index in [2.05, 4.69) is 21.7 Å². The molecule has 2 saturated heterocycles. The molecule has 2 amide bonds. The average Bonchev–Trinajstić information content (AvgIpc) is 2.74. The Morgan fingerprint density at radius 1 is 0.963 bits per heavy atom. The van der Waals surface area contributed by atoms with E-state index < -0.39 is 0 Å². The van der Waals surface area contributed by atoms with Gasteiger partial charge in [0, 0.05) is 52.4 Å². The molecule has 8 nitrogen and oxygen atoms in total. The van der Waals surface area contributed by atoms with Crippen molar-refractivity contribution in [3.05, 3.63) is 24.0 Å². The van der Waals surface area contributed by atoms with Crippen LogP contribution in [0.5, 0.6) is 0 Å². The summed E-state index contributed by atoms with van der Waals surface area (Å²) in [6.45, 7) is 11.4. The van der Waals surface area contributed by atoms with Crippen LogP contribution in [0.2, 0.25) is 0 Å². The first-order valence-electron chi connectivity index (χ1n) is 9.76. The van der Waals surface area contributed by atoms with E-state index in [1.54, 1.807) is 11.1 Å². The zero-order valence-electron chi connectivity index (χ0n) is 16.3. The Balaban J connectivity index is 1.53. The fraction of sp³-hybridized carbons (Fsp3) is 0.632. The van der Waals surface area contributed by atoms with Crippen LogP contribution in [0.4, 0.5) is 10.5 Å². The third-order valence-corrected chi connectivity index (χ3v) is 5.24. The van der Waals surface area contributed by atoms with Gasteiger partial charge in [-0.05, 0) is 25.6 Å². The summed E-state index contributed by atoms with van der Waals surface area (Å²) in [5, 5.41) is 0. The Bertz CT molecular complexity index is 635. The lowest BCUT2D eigenvalue weighted by atomic mass is 10.2. The number of hydrogen-bond acceptors (Lipinski definition) is 6. The van der Waals surface area contributed by atoms with Crippen molar-refractivity contribution in [3.63, 3.8) is 0 Å². The number of pyridine rings is 1. The number of carbonyl (C=O) groups excluding carboxylic acids is 2. The molecule has 3 heterocycles. The van der Waals surface area contributed by atoms with Gasteiger partial charge in [-0.15, -0.1) is 0 Å². The first-order valence-corrected chi connectivity index (χ1v) is 9.76. The third-order valence-electron chi connectivity index (χ3n) is 5.24. The molecular weight excluding hydrogens is 346 g/mol. The summed E-state index contributed by atoms with van der Waals surface area (Å²) in [6.07, 6.45) is 1.51. The summed E-state index contributed by atoms with van der Waals surface area (Å²) in [5.74, 6) is 0.00411. The second-order valence-electron chi connectivity index (χ2n) is 6.80. The molecule has 0 N–H and O–H groups in total. The molecule has 148 valence electrons. The molecule has 0 saturated carbocycles. The van der Waals surface area contributed by atoms with E-state index in [1.807, 2.05) is 24.0 Å². The van der Waals surface area contributed by atoms with E-state index in [9.17, 15) is 9.59 Å². The highest BCUT2D eigenvalue weighted by Crippen LogP contribution is 2.17. The highest BCUT2D eigenvalue weighted by molar-refractivity contribution is 5.92. The van der Waals surface area contributed by atoms with Crippen LogP contribution >= 0.6 is 0 Å². The molecule has 0 spiro atoms. The normalized spacial score (nSPS) is 18.5. The molecule has 2 fully saturated rings. The summed E-state index contributed by atoms with van der Waals surface area (Å²) in [7, 11) is 0. The number of anilines is 1. The van der Waals surface area contributed by atoms with Gasteiger partial charge in [0.25, 0.3) is 5.91 Å². The molecule has 8 heteroatoms. The van der Waals surface area contributed by atoms with Crippen molar-refractivity contribution in [2.45, 2.75) is 13.8 Å². The van der Waals surface area contributed by atoms with E-state index in [1.165, 1.54) is 0 Å². The smallest absolute Gasteiger partial charge is 0.409 e. The van der Waals surface area contributed by atoms with Gasteiger partial charge in [-0.1, -0.05) is 6.92 Å². The number of nitrogens with zero attached hydrogens (tertiary/aromatic N) is 5. The van der Waals surface area contributed by atoms with Crippen molar-refractivity contribution in [3.8, 4) is 0 Å². The van der Waals surface area contributed by atoms with Gasteiger partial charge in [-0.25, -0.2) is 9.78 Å². The maximum Gasteiger partial charge on any atom is 0.409 e. The van der Waals surface area contributed by atoms with Crippen molar-refractivity contribution < 1.29 is 14.3 Å². The van der Waals surface area contributed by atoms with Crippen LogP contribution in [0.1, 0.15) is 24.3 Å². The van der Waals surface area contributed by atoms with Gasteiger partial charge in [-0.2, -0.15) is 0 Å². The first-order chi connectivity index (χ1) is 13.1. The minimum atomic E-state index is -0.251. The van der Waals surface area contributed by atoms with Crippen molar-refractivity contribution in [2.24, 2.45) is 0 Å². The molecule has 0 aliphatic carbocycles. The predicted octanol–water partition coefficient (Wildman–Crippen LogP) is 1.14. The van der Waals surface area contributed by atoms with Gasteiger partial charge in [0.2, 0.25) is 0 Å². The number of rotatable bonds is 4. The van der Waals surface area contributed by atoms with E-state index >= 15 is 0 Å². The average molecular weight is 375 g/mol. The SMILES string of the molecule is CCOC(=O)N1CCN(c2ccc(C(=O)N3CCN(CC)CC3)nc2)CC1. The maximum absolute atomic E-state index is 12.6. The second kappa shape index (κ2) is 9.03. The van der Waals surface area contributed by atoms with Crippen molar-refractivity contribution in [1.82, 2.24) is 19.7 Å². The van der Waals surface area contributed by atoms with Crippen LogP contribution < -0.4 is 4.90 Å². The molecule has 1 aromatic rings. The van der Waals surface area contributed by atoms with E-state index in [4.69, 9.17) is 4.74 Å². The molecule has 2 aliphatic rings. The van der Waals surface area contributed by atoms with Gasteiger partial charge >= 0.3 is 6.09 Å². The molecule has 27 heavy (non-hydrogen) atoms. The van der Waals surface area contributed by atoms with Crippen molar-refractivity contribution >= 4 is 17.7 Å².